The fraction of sp³-hybridized carbons (Fsp3) is 0.400. The standard InChI is InChI=1S/C10H13N3S2/c1-3-9-12-13-10(15-9)11-7(2)8-5-4-6-14-8/h4-7H,3H2,1-2H3,(H,11,13). The van der Waals surface area contributed by atoms with Crippen molar-refractivity contribution in [2.45, 2.75) is 26.3 Å². The Labute approximate surface area is 97.2 Å². The molecule has 0 spiro atoms. The minimum absolute atomic E-state index is 0.308. The van der Waals surface area contributed by atoms with Crippen LogP contribution in [0.1, 0.15) is 29.8 Å². The minimum Gasteiger partial charge on any atom is -0.353 e. The molecule has 2 aromatic rings. The van der Waals surface area contributed by atoms with Gasteiger partial charge in [0.25, 0.3) is 0 Å². The Bertz CT molecular complexity index is 408. The largest absolute Gasteiger partial charge is 0.353 e. The summed E-state index contributed by atoms with van der Waals surface area (Å²) < 4.78 is 0. The molecule has 0 saturated carbocycles. The first-order valence-corrected chi connectivity index (χ1v) is 6.61. The maximum absolute atomic E-state index is 4.10. The highest BCUT2D eigenvalue weighted by Gasteiger charge is 2.09. The SMILES string of the molecule is CCc1nnc(NC(C)c2cccs2)s1. The van der Waals surface area contributed by atoms with Crippen LogP contribution in [-0.2, 0) is 6.42 Å². The molecule has 0 radical (unpaired) electrons. The molecule has 5 heteroatoms. The average molecular weight is 239 g/mol. The Hall–Kier alpha value is -0.940. The van der Waals surface area contributed by atoms with Crippen LogP contribution in [0.5, 0.6) is 0 Å². The molecule has 2 rings (SSSR count). The van der Waals surface area contributed by atoms with E-state index in [9.17, 15) is 0 Å². The number of nitrogens with zero attached hydrogens (tertiary/aromatic N) is 2. The van der Waals surface area contributed by atoms with Crippen LogP contribution in [0, 0.1) is 0 Å². The van der Waals surface area contributed by atoms with Gasteiger partial charge in [0, 0.05) is 4.88 Å². The van der Waals surface area contributed by atoms with E-state index < -0.39 is 0 Å². The van der Waals surface area contributed by atoms with Crippen molar-refractivity contribution in [1.82, 2.24) is 10.2 Å². The highest BCUT2D eigenvalue weighted by atomic mass is 32.1. The van der Waals surface area contributed by atoms with E-state index in [1.54, 1.807) is 22.7 Å². The number of anilines is 1. The molecular formula is C10H13N3S2. The Kier molecular flexibility index (Phi) is 3.33. The Morgan fingerprint density at radius 2 is 2.33 bits per heavy atom. The lowest BCUT2D eigenvalue weighted by molar-refractivity contribution is 0.889. The van der Waals surface area contributed by atoms with E-state index in [4.69, 9.17) is 0 Å². The van der Waals surface area contributed by atoms with E-state index >= 15 is 0 Å². The lowest BCUT2D eigenvalue weighted by atomic mass is 10.3. The first-order valence-electron chi connectivity index (χ1n) is 4.92. The van der Waals surface area contributed by atoms with Gasteiger partial charge in [-0.2, -0.15) is 0 Å². The number of nitrogens with one attached hydrogen (secondary N) is 1. The Morgan fingerprint density at radius 3 is 2.93 bits per heavy atom. The summed E-state index contributed by atoms with van der Waals surface area (Å²) in [5.74, 6) is 0. The number of aromatic nitrogens is 2. The molecule has 2 heterocycles. The molecular weight excluding hydrogens is 226 g/mol. The molecule has 0 aliphatic heterocycles. The molecule has 0 fully saturated rings. The summed E-state index contributed by atoms with van der Waals surface area (Å²) in [7, 11) is 0. The van der Waals surface area contributed by atoms with Crippen molar-refractivity contribution < 1.29 is 0 Å². The molecule has 0 aliphatic carbocycles. The zero-order valence-corrected chi connectivity index (χ0v) is 10.4. The average Bonchev–Trinajstić information content (AvgIpc) is 2.87. The summed E-state index contributed by atoms with van der Waals surface area (Å²) in [5.41, 5.74) is 0. The predicted octanol–water partition coefficient (Wildman–Crippen LogP) is 3.34. The molecule has 1 N–H and O–H groups in total. The van der Waals surface area contributed by atoms with E-state index in [0.717, 1.165) is 16.6 Å². The highest BCUT2D eigenvalue weighted by molar-refractivity contribution is 7.15. The summed E-state index contributed by atoms with van der Waals surface area (Å²) in [4.78, 5) is 1.32. The molecule has 0 amide bonds. The Balaban J connectivity index is 2.02. The molecule has 2 aromatic heterocycles. The zero-order valence-electron chi connectivity index (χ0n) is 8.73. The van der Waals surface area contributed by atoms with Crippen molar-refractivity contribution in [3.8, 4) is 0 Å². The van der Waals surface area contributed by atoms with Crippen molar-refractivity contribution in [2.24, 2.45) is 0 Å². The predicted molar refractivity (Wildman–Crippen MR) is 65.6 cm³/mol. The van der Waals surface area contributed by atoms with Crippen LogP contribution in [0.2, 0.25) is 0 Å². The summed E-state index contributed by atoms with van der Waals surface area (Å²) in [6.45, 7) is 4.23. The lowest BCUT2D eigenvalue weighted by Crippen LogP contribution is -2.04. The third-order valence-corrected chi connectivity index (χ3v) is 4.13. The summed E-state index contributed by atoms with van der Waals surface area (Å²) >= 11 is 3.39. The minimum atomic E-state index is 0.308. The molecule has 3 nitrogen and oxygen atoms in total. The van der Waals surface area contributed by atoms with Gasteiger partial charge in [-0.1, -0.05) is 24.3 Å². The Morgan fingerprint density at radius 1 is 1.47 bits per heavy atom. The van der Waals surface area contributed by atoms with Crippen LogP contribution >= 0.6 is 22.7 Å². The summed E-state index contributed by atoms with van der Waals surface area (Å²) in [6.07, 6.45) is 0.951. The van der Waals surface area contributed by atoms with Gasteiger partial charge in [0.15, 0.2) is 0 Å². The molecule has 0 bridgehead atoms. The number of rotatable bonds is 4. The van der Waals surface area contributed by atoms with Crippen molar-refractivity contribution in [3.63, 3.8) is 0 Å². The van der Waals surface area contributed by atoms with Gasteiger partial charge in [-0.25, -0.2) is 0 Å². The van der Waals surface area contributed by atoms with Gasteiger partial charge in [-0.3, -0.25) is 0 Å². The second-order valence-electron chi connectivity index (χ2n) is 3.24. The van der Waals surface area contributed by atoms with Gasteiger partial charge in [-0.15, -0.1) is 21.5 Å². The molecule has 1 atom stereocenters. The van der Waals surface area contributed by atoms with Crippen LogP contribution in [0.4, 0.5) is 5.13 Å². The molecule has 15 heavy (non-hydrogen) atoms. The van der Waals surface area contributed by atoms with E-state index in [2.05, 4.69) is 46.9 Å². The number of aryl methyl sites for hydroxylation is 1. The van der Waals surface area contributed by atoms with Crippen LogP contribution in [0.3, 0.4) is 0 Å². The van der Waals surface area contributed by atoms with E-state index in [0.29, 0.717) is 6.04 Å². The summed E-state index contributed by atoms with van der Waals surface area (Å²) in [6, 6.07) is 4.50. The quantitative estimate of drug-likeness (QED) is 0.889. The normalized spacial score (nSPS) is 12.7. The van der Waals surface area contributed by atoms with Gasteiger partial charge < -0.3 is 5.32 Å². The summed E-state index contributed by atoms with van der Waals surface area (Å²) in [5, 5.41) is 15.6. The van der Waals surface area contributed by atoms with Crippen molar-refractivity contribution >= 4 is 27.8 Å². The van der Waals surface area contributed by atoms with Gasteiger partial charge in [0.1, 0.15) is 5.01 Å². The van der Waals surface area contributed by atoms with E-state index in [-0.39, 0.29) is 0 Å². The number of hydrogen-bond acceptors (Lipinski definition) is 5. The van der Waals surface area contributed by atoms with Crippen molar-refractivity contribution in [1.29, 1.82) is 0 Å². The maximum atomic E-state index is 4.10. The van der Waals surface area contributed by atoms with Crippen molar-refractivity contribution in [3.05, 3.63) is 27.4 Å². The molecule has 0 saturated heterocycles. The second-order valence-corrected chi connectivity index (χ2v) is 5.28. The molecule has 0 aromatic carbocycles. The first kappa shape index (κ1) is 10.6. The van der Waals surface area contributed by atoms with Gasteiger partial charge in [0.2, 0.25) is 5.13 Å². The van der Waals surface area contributed by atoms with Crippen LogP contribution in [0.15, 0.2) is 17.5 Å². The molecule has 0 aliphatic rings. The maximum Gasteiger partial charge on any atom is 0.206 e. The molecule has 80 valence electrons. The van der Waals surface area contributed by atoms with Crippen molar-refractivity contribution in [2.75, 3.05) is 5.32 Å². The fourth-order valence-corrected chi connectivity index (χ4v) is 2.75. The van der Waals surface area contributed by atoms with Gasteiger partial charge in [0.05, 0.1) is 6.04 Å². The first-order chi connectivity index (χ1) is 7.29. The lowest BCUT2D eigenvalue weighted by Gasteiger charge is -2.09. The third-order valence-electron chi connectivity index (χ3n) is 2.08. The highest BCUT2D eigenvalue weighted by Crippen LogP contribution is 2.24. The number of hydrogen-bond donors (Lipinski definition) is 1. The van der Waals surface area contributed by atoms with Crippen LogP contribution < -0.4 is 5.32 Å². The van der Waals surface area contributed by atoms with Crippen LogP contribution in [-0.4, -0.2) is 10.2 Å². The topological polar surface area (TPSA) is 37.8 Å². The van der Waals surface area contributed by atoms with E-state index in [1.165, 1.54) is 4.88 Å². The van der Waals surface area contributed by atoms with E-state index in [1.807, 2.05) is 0 Å². The van der Waals surface area contributed by atoms with Gasteiger partial charge in [-0.05, 0) is 24.8 Å². The zero-order chi connectivity index (χ0) is 10.7. The second kappa shape index (κ2) is 4.72. The fourth-order valence-electron chi connectivity index (χ4n) is 1.25. The number of thiophene rings is 1. The molecule has 1 unspecified atom stereocenters. The smallest absolute Gasteiger partial charge is 0.206 e. The monoisotopic (exact) mass is 239 g/mol. The van der Waals surface area contributed by atoms with Crippen LogP contribution in [0.25, 0.3) is 0 Å². The third kappa shape index (κ3) is 2.54. The van der Waals surface area contributed by atoms with Gasteiger partial charge >= 0.3 is 0 Å².